The van der Waals surface area contributed by atoms with E-state index in [0.29, 0.717) is 18.9 Å². The normalized spacial score (nSPS) is 10.7. The van der Waals surface area contributed by atoms with Crippen LogP contribution < -0.4 is 19.7 Å². The Hall–Kier alpha value is -5.06. The summed E-state index contributed by atoms with van der Waals surface area (Å²) in [5.41, 5.74) is 1.23. The first kappa shape index (κ1) is 28.9. The number of nitrogens with one attached hydrogen (secondary N) is 1. The van der Waals surface area contributed by atoms with E-state index < -0.39 is 24.0 Å². The third-order valence-corrected chi connectivity index (χ3v) is 6.16. The first-order valence-electron chi connectivity index (χ1n) is 12.5. The van der Waals surface area contributed by atoms with Crippen molar-refractivity contribution in [1.82, 2.24) is 9.97 Å². The van der Waals surface area contributed by atoms with Crippen LogP contribution in [-0.2, 0) is 17.8 Å². The summed E-state index contributed by atoms with van der Waals surface area (Å²) < 4.78 is 41.6. The molecule has 0 saturated heterocycles. The molecule has 41 heavy (non-hydrogen) atoms. The zero-order valence-corrected chi connectivity index (χ0v) is 22.6. The van der Waals surface area contributed by atoms with Crippen LogP contribution in [0.3, 0.4) is 0 Å². The van der Waals surface area contributed by atoms with E-state index in [9.17, 15) is 18.4 Å². The van der Waals surface area contributed by atoms with E-state index in [1.54, 1.807) is 14.2 Å². The van der Waals surface area contributed by atoms with Crippen LogP contribution in [0.25, 0.3) is 0 Å². The Morgan fingerprint density at radius 2 is 1.46 bits per heavy atom. The van der Waals surface area contributed by atoms with Crippen molar-refractivity contribution < 1.29 is 32.6 Å². The predicted molar refractivity (Wildman–Crippen MR) is 149 cm³/mol. The number of alkyl halides is 2. The lowest BCUT2D eigenvalue weighted by Gasteiger charge is -2.25. The number of methoxy groups -OCH3 is 3. The number of pyridine rings is 2. The van der Waals surface area contributed by atoms with Gasteiger partial charge in [0.1, 0.15) is 28.7 Å². The maximum Gasteiger partial charge on any atom is 0.340 e. The molecule has 0 bridgehead atoms. The molecule has 0 atom stereocenters. The monoisotopic (exact) mass is 562 g/mol. The fourth-order valence-corrected chi connectivity index (χ4v) is 4.00. The summed E-state index contributed by atoms with van der Waals surface area (Å²) in [5, 5.41) is 2.54. The van der Waals surface area contributed by atoms with Gasteiger partial charge in [0, 0.05) is 13.1 Å². The molecule has 4 rings (SSSR count). The predicted octanol–water partition coefficient (Wildman–Crippen LogP) is 5.68. The first-order valence-corrected chi connectivity index (χ1v) is 12.5. The molecule has 0 aliphatic carbocycles. The highest BCUT2D eigenvalue weighted by Crippen LogP contribution is 2.26. The van der Waals surface area contributed by atoms with Gasteiger partial charge >= 0.3 is 5.97 Å². The summed E-state index contributed by atoms with van der Waals surface area (Å²) in [4.78, 5) is 35.8. The van der Waals surface area contributed by atoms with Crippen LogP contribution in [0.4, 0.5) is 20.3 Å². The molecule has 0 aliphatic heterocycles. The minimum absolute atomic E-state index is 0.0327. The molecule has 0 radical (unpaired) electrons. The molecule has 2 aromatic heterocycles. The van der Waals surface area contributed by atoms with E-state index in [1.165, 1.54) is 31.5 Å². The SMILES string of the molecule is COC(=O)c1cc(N(Cc2ccc(OC)cc2)Cc2ccc(OC)cc2)ncc1NC(=O)c1cccc(C(F)F)n1. The quantitative estimate of drug-likeness (QED) is 0.233. The Morgan fingerprint density at radius 3 is 1.98 bits per heavy atom. The van der Waals surface area contributed by atoms with Crippen LogP contribution >= 0.6 is 0 Å². The molecule has 2 heterocycles. The number of esters is 1. The molecule has 1 amide bonds. The van der Waals surface area contributed by atoms with Gasteiger partial charge in [0.2, 0.25) is 0 Å². The number of hydrogen-bond donors (Lipinski definition) is 1. The third-order valence-electron chi connectivity index (χ3n) is 6.16. The second-order valence-electron chi connectivity index (χ2n) is 8.83. The van der Waals surface area contributed by atoms with Gasteiger partial charge in [-0.3, -0.25) is 4.79 Å². The summed E-state index contributed by atoms with van der Waals surface area (Å²) in [6, 6.07) is 20.4. The van der Waals surface area contributed by atoms with Gasteiger partial charge in [-0.15, -0.1) is 0 Å². The summed E-state index contributed by atoms with van der Waals surface area (Å²) in [6.45, 7) is 0.860. The molecule has 0 aliphatic rings. The van der Waals surface area contributed by atoms with Gasteiger partial charge in [-0.05, 0) is 53.6 Å². The second-order valence-corrected chi connectivity index (χ2v) is 8.83. The Bertz CT molecular complexity index is 1450. The molecule has 0 spiro atoms. The highest BCUT2D eigenvalue weighted by atomic mass is 19.3. The second kappa shape index (κ2) is 13.3. The van der Waals surface area contributed by atoms with Crippen molar-refractivity contribution in [2.45, 2.75) is 19.5 Å². The van der Waals surface area contributed by atoms with Gasteiger partial charge in [0.25, 0.3) is 12.3 Å². The summed E-state index contributed by atoms with van der Waals surface area (Å²) in [7, 11) is 4.40. The maximum atomic E-state index is 13.1. The summed E-state index contributed by atoms with van der Waals surface area (Å²) >= 11 is 0. The minimum Gasteiger partial charge on any atom is -0.497 e. The molecule has 0 unspecified atom stereocenters. The lowest BCUT2D eigenvalue weighted by molar-refractivity contribution is 0.0601. The first-order chi connectivity index (χ1) is 19.8. The molecule has 212 valence electrons. The van der Waals surface area contributed by atoms with Gasteiger partial charge in [0.05, 0.1) is 38.8 Å². The van der Waals surface area contributed by atoms with Crippen molar-refractivity contribution in [3.63, 3.8) is 0 Å². The van der Waals surface area contributed by atoms with E-state index in [-0.39, 0.29) is 16.9 Å². The van der Waals surface area contributed by atoms with Crippen molar-refractivity contribution in [1.29, 1.82) is 0 Å². The lowest BCUT2D eigenvalue weighted by Crippen LogP contribution is -2.24. The van der Waals surface area contributed by atoms with Crippen LogP contribution in [0.1, 0.15) is 44.1 Å². The van der Waals surface area contributed by atoms with Gasteiger partial charge < -0.3 is 24.4 Å². The van der Waals surface area contributed by atoms with Crippen molar-refractivity contribution in [2.75, 3.05) is 31.5 Å². The number of halogens is 2. The zero-order valence-electron chi connectivity index (χ0n) is 22.6. The molecule has 0 saturated carbocycles. The number of aromatic nitrogens is 2. The van der Waals surface area contributed by atoms with Crippen LogP contribution in [-0.4, -0.2) is 43.2 Å². The van der Waals surface area contributed by atoms with Gasteiger partial charge in [-0.1, -0.05) is 30.3 Å². The van der Waals surface area contributed by atoms with Crippen molar-refractivity contribution in [2.24, 2.45) is 0 Å². The number of amides is 1. The van der Waals surface area contributed by atoms with E-state index in [1.807, 2.05) is 53.4 Å². The highest BCUT2D eigenvalue weighted by Gasteiger charge is 2.21. The van der Waals surface area contributed by atoms with Gasteiger partial charge in [0.15, 0.2) is 0 Å². The largest absolute Gasteiger partial charge is 0.497 e. The smallest absolute Gasteiger partial charge is 0.340 e. The van der Waals surface area contributed by atoms with E-state index in [4.69, 9.17) is 14.2 Å². The Kier molecular flexibility index (Phi) is 9.41. The molecule has 4 aromatic rings. The van der Waals surface area contributed by atoms with Crippen LogP contribution in [0.5, 0.6) is 11.5 Å². The average molecular weight is 563 g/mol. The number of hydrogen-bond acceptors (Lipinski definition) is 8. The van der Waals surface area contributed by atoms with E-state index in [0.717, 1.165) is 28.7 Å². The number of benzene rings is 2. The van der Waals surface area contributed by atoms with Crippen LogP contribution in [0.2, 0.25) is 0 Å². The van der Waals surface area contributed by atoms with Gasteiger partial charge in [-0.2, -0.15) is 0 Å². The Balaban J connectivity index is 1.67. The Morgan fingerprint density at radius 1 is 0.878 bits per heavy atom. The minimum atomic E-state index is -2.84. The Labute approximate surface area is 235 Å². The summed E-state index contributed by atoms with van der Waals surface area (Å²) in [5.74, 6) is 0.380. The average Bonchev–Trinajstić information content (AvgIpc) is 3.01. The molecular weight excluding hydrogens is 534 g/mol. The number of carbonyl (C=O) groups is 2. The van der Waals surface area contributed by atoms with E-state index in [2.05, 4.69) is 15.3 Å². The summed E-state index contributed by atoms with van der Waals surface area (Å²) in [6.07, 6.45) is -1.51. The van der Waals surface area contributed by atoms with Crippen molar-refractivity contribution >= 4 is 23.4 Å². The fraction of sp³-hybridized carbons (Fsp3) is 0.200. The highest BCUT2D eigenvalue weighted by molar-refractivity contribution is 6.07. The molecule has 1 N–H and O–H groups in total. The molecule has 11 heteroatoms. The third kappa shape index (κ3) is 7.33. The number of anilines is 2. The van der Waals surface area contributed by atoms with Crippen LogP contribution in [0, 0.1) is 0 Å². The number of rotatable bonds is 11. The number of ether oxygens (including phenoxy) is 3. The van der Waals surface area contributed by atoms with Crippen molar-refractivity contribution in [3.05, 3.63) is 107 Å². The molecule has 9 nitrogen and oxygen atoms in total. The number of carbonyl (C=O) groups excluding carboxylic acids is 2. The zero-order chi connectivity index (χ0) is 29.4. The fourth-order valence-electron chi connectivity index (χ4n) is 4.00. The lowest BCUT2D eigenvalue weighted by atomic mass is 10.1. The molecule has 0 fully saturated rings. The van der Waals surface area contributed by atoms with Crippen LogP contribution in [0.15, 0.2) is 79.0 Å². The van der Waals surface area contributed by atoms with Gasteiger partial charge in [-0.25, -0.2) is 23.5 Å². The van der Waals surface area contributed by atoms with Crippen molar-refractivity contribution in [3.8, 4) is 11.5 Å². The molecule has 2 aromatic carbocycles. The molecular formula is C30H28F2N4O5. The standard InChI is InChI=1S/C30H28F2N4O5/c1-39-21-11-7-19(8-12-21)17-36(18-20-9-13-22(40-2)14-10-20)27-15-23(30(38)41-3)26(16-33-27)35-29(37)25-6-4-5-24(34-25)28(31)32/h4-16,28H,17-18H2,1-3H3,(H,35,37). The number of nitrogens with zero attached hydrogens (tertiary/aromatic N) is 3. The van der Waals surface area contributed by atoms with E-state index >= 15 is 0 Å². The maximum absolute atomic E-state index is 13.1. The topological polar surface area (TPSA) is 103 Å².